The van der Waals surface area contributed by atoms with E-state index in [1.54, 1.807) is 12.1 Å². The second-order valence-electron chi connectivity index (χ2n) is 6.75. The van der Waals surface area contributed by atoms with Gasteiger partial charge in [-0.15, -0.1) is 0 Å². The van der Waals surface area contributed by atoms with Crippen molar-refractivity contribution in [1.82, 2.24) is 0 Å². The molecular weight excluding hydrogens is 388 g/mol. The third kappa shape index (κ3) is 2.21. The van der Waals surface area contributed by atoms with Crippen molar-refractivity contribution < 1.29 is 28.8 Å². The Morgan fingerprint density at radius 2 is 1.00 bits per heavy atom. The van der Waals surface area contributed by atoms with E-state index in [2.05, 4.69) is 0 Å². The molecular formula is C22H10N2O6. The van der Waals surface area contributed by atoms with E-state index in [-0.39, 0.29) is 33.6 Å². The molecule has 2 heterocycles. The van der Waals surface area contributed by atoms with Crippen LogP contribution in [0.2, 0.25) is 0 Å². The summed E-state index contributed by atoms with van der Waals surface area (Å²) in [5.41, 5.74) is -0.296. The Kier molecular flexibility index (Phi) is 3.54. The molecule has 0 fully saturated rings. The Morgan fingerprint density at radius 1 is 0.500 bits per heavy atom. The van der Waals surface area contributed by atoms with Gasteiger partial charge in [0.15, 0.2) is 11.6 Å². The van der Waals surface area contributed by atoms with Crippen molar-refractivity contribution in [2.45, 2.75) is 0 Å². The fourth-order valence-corrected chi connectivity index (χ4v) is 3.82. The maximum absolute atomic E-state index is 13.3. The number of hydrogen-bond acceptors (Lipinski definition) is 6. The van der Waals surface area contributed by atoms with Crippen LogP contribution in [0.4, 0.5) is 11.4 Å². The van der Waals surface area contributed by atoms with Gasteiger partial charge in [0.05, 0.1) is 16.9 Å². The zero-order valence-corrected chi connectivity index (χ0v) is 15.1. The van der Waals surface area contributed by atoms with Crippen molar-refractivity contribution in [2.24, 2.45) is 0 Å². The molecule has 1 aliphatic carbocycles. The molecule has 144 valence electrons. The molecule has 4 amide bonds. The summed E-state index contributed by atoms with van der Waals surface area (Å²) < 4.78 is 0. The van der Waals surface area contributed by atoms with Crippen LogP contribution in [-0.2, 0) is 19.2 Å². The van der Waals surface area contributed by atoms with E-state index in [9.17, 15) is 28.8 Å². The highest BCUT2D eigenvalue weighted by atomic mass is 16.2. The first-order valence-corrected chi connectivity index (χ1v) is 8.88. The van der Waals surface area contributed by atoms with Crippen LogP contribution >= 0.6 is 0 Å². The zero-order chi connectivity index (χ0) is 21.2. The van der Waals surface area contributed by atoms with Crippen LogP contribution in [0.25, 0.3) is 0 Å². The molecule has 0 saturated heterocycles. The summed E-state index contributed by atoms with van der Waals surface area (Å²) in [7, 11) is 0. The largest absolute Gasteiger partial charge is 0.289 e. The summed E-state index contributed by atoms with van der Waals surface area (Å²) in [5.74, 6) is -3.93. The molecule has 0 spiro atoms. The van der Waals surface area contributed by atoms with Gasteiger partial charge in [-0.3, -0.25) is 28.8 Å². The Morgan fingerprint density at radius 3 is 1.57 bits per heavy atom. The number of nitrogens with zero attached hydrogens (tertiary/aromatic N) is 2. The summed E-state index contributed by atoms with van der Waals surface area (Å²) in [6, 6.07) is 8.79. The fourth-order valence-electron chi connectivity index (χ4n) is 3.82. The van der Waals surface area contributed by atoms with Gasteiger partial charge >= 0.3 is 0 Å². The Bertz CT molecular complexity index is 1280. The fraction of sp³-hybridized carbons (Fsp3) is 0. The molecule has 30 heavy (non-hydrogen) atoms. The van der Waals surface area contributed by atoms with Gasteiger partial charge in [-0.25, -0.2) is 9.80 Å². The highest BCUT2D eigenvalue weighted by molar-refractivity contribution is 6.38. The van der Waals surface area contributed by atoms with E-state index in [0.717, 1.165) is 29.2 Å². The topological polar surface area (TPSA) is 109 Å². The number of rotatable bonds is 2. The monoisotopic (exact) mass is 398 g/mol. The van der Waals surface area contributed by atoms with E-state index in [4.69, 9.17) is 0 Å². The molecule has 0 atom stereocenters. The average molecular weight is 398 g/mol. The third-order valence-electron chi connectivity index (χ3n) is 5.13. The van der Waals surface area contributed by atoms with Crippen LogP contribution in [0.3, 0.4) is 0 Å². The Labute approximate surface area is 168 Å². The second-order valence-corrected chi connectivity index (χ2v) is 6.75. The highest BCUT2D eigenvalue weighted by Gasteiger charge is 2.41. The quantitative estimate of drug-likeness (QED) is 0.603. The minimum atomic E-state index is -0.749. The third-order valence-corrected chi connectivity index (χ3v) is 5.13. The predicted octanol–water partition coefficient (Wildman–Crippen LogP) is 1.32. The van der Waals surface area contributed by atoms with E-state index < -0.39 is 35.2 Å². The molecule has 0 saturated carbocycles. The molecule has 2 aromatic carbocycles. The number of carbonyl (C=O) groups excluding carboxylic acids is 6. The number of anilines is 2. The summed E-state index contributed by atoms with van der Waals surface area (Å²) in [6.45, 7) is 0. The maximum atomic E-state index is 13.3. The number of fused-ring (bicyclic) bond motifs is 2. The first-order chi connectivity index (χ1) is 14.4. The van der Waals surface area contributed by atoms with E-state index in [1.807, 2.05) is 0 Å². The molecule has 2 aromatic rings. The van der Waals surface area contributed by atoms with Crippen LogP contribution in [0.1, 0.15) is 31.8 Å². The smallest absolute Gasteiger partial charge is 0.258 e. The molecule has 3 aliphatic rings. The Hall–Kier alpha value is -4.46. The summed E-state index contributed by atoms with van der Waals surface area (Å²) in [4.78, 5) is 77.3. The van der Waals surface area contributed by atoms with Crippen molar-refractivity contribution in [3.8, 4) is 0 Å². The van der Waals surface area contributed by atoms with Crippen LogP contribution in [-0.4, -0.2) is 35.2 Å². The van der Waals surface area contributed by atoms with Gasteiger partial charge in [-0.2, -0.15) is 0 Å². The first kappa shape index (κ1) is 17.6. The summed E-state index contributed by atoms with van der Waals surface area (Å²) >= 11 is 0. The lowest BCUT2D eigenvalue weighted by Crippen LogP contribution is -2.37. The standard InChI is InChI=1S/C22H10N2O6/c25-15-7-8-16(26)23(15)14-6-5-13-19(20(14)24-17(27)9-10-18(24)28)22(30)12-4-2-1-3-11(12)21(13)29/h1-10H. The van der Waals surface area contributed by atoms with Gasteiger partial charge < -0.3 is 0 Å². The predicted molar refractivity (Wildman–Crippen MR) is 103 cm³/mol. The lowest BCUT2D eigenvalue weighted by atomic mass is 9.82. The lowest BCUT2D eigenvalue weighted by Gasteiger charge is -2.28. The SMILES string of the molecule is O=C1c2ccccc2C(=O)c2c1ccc(N1C(=O)C=CC1=O)c2N1C(=O)C=CC1=O. The number of ketones is 2. The van der Waals surface area contributed by atoms with E-state index in [1.165, 1.54) is 24.3 Å². The molecule has 5 rings (SSSR count). The molecule has 8 nitrogen and oxygen atoms in total. The van der Waals surface area contributed by atoms with Gasteiger partial charge in [-0.1, -0.05) is 24.3 Å². The van der Waals surface area contributed by atoms with Crippen molar-refractivity contribution in [2.75, 3.05) is 9.80 Å². The summed E-state index contributed by atoms with van der Waals surface area (Å²) in [6.07, 6.45) is 4.11. The lowest BCUT2D eigenvalue weighted by molar-refractivity contribution is -0.122. The summed E-state index contributed by atoms with van der Waals surface area (Å²) in [5, 5.41) is 0. The van der Waals surface area contributed by atoms with Gasteiger partial charge in [0.2, 0.25) is 0 Å². The second kappa shape index (κ2) is 6.02. The van der Waals surface area contributed by atoms with E-state index in [0.29, 0.717) is 4.90 Å². The van der Waals surface area contributed by atoms with Crippen molar-refractivity contribution in [3.05, 3.63) is 83.0 Å². The van der Waals surface area contributed by atoms with Crippen molar-refractivity contribution in [3.63, 3.8) is 0 Å². The minimum Gasteiger partial charge on any atom is -0.289 e. The number of benzene rings is 2. The van der Waals surface area contributed by atoms with Crippen molar-refractivity contribution >= 4 is 46.6 Å². The van der Waals surface area contributed by atoms with Gasteiger partial charge in [-0.05, 0) is 12.1 Å². The average Bonchev–Trinajstić information content (AvgIpc) is 3.25. The number of carbonyl (C=O) groups is 6. The first-order valence-electron chi connectivity index (χ1n) is 8.88. The number of imide groups is 2. The maximum Gasteiger partial charge on any atom is 0.258 e. The molecule has 8 heteroatoms. The normalized spacial score (nSPS) is 17.3. The molecule has 0 radical (unpaired) electrons. The van der Waals surface area contributed by atoms with Gasteiger partial charge in [0.1, 0.15) is 0 Å². The van der Waals surface area contributed by atoms with Crippen LogP contribution in [0.5, 0.6) is 0 Å². The minimum absolute atomic E-state index is 0.0167. The zero-order valence-electron chi connectivity index (χ0n) is 15.1. The highest BCUT2D eigenvalue weighted by Crippen LogP contribution is 2.42. The molecule has 2 aliphatic heterocycles. The number of hydrogen-bond donors (Lipinski definition) is 0. The van der Waals surface area contributed by atoms with Gasteiger partial charge in [0.25, 0.3) is 23.6 Å². The van der Waals surface area contributed by atoms with Gasteiger partial charge in [0, 0.05) is 41.0 Å². The van der Waals surface area contributed by atoms with Crippen LogP contribution in [0.15, 0.2) is 60.7 Å². The van der Waals surface area contributed by atoms with Crippen LogP contribution in [0, 0.1) is 0 Å². The Balaban J connectivity index is 1.84. The van der Waals surface area contributed by atoms with Crippen LogP contribution < -0.4 is 9.80 Å². The van der Waals surface area contributed by atoms with E-state index >= 15 is 0 Å². The molecule has 0 N–H and O–H groups in total. The number of amides is 4. The molecule has 0 unspecified atom stereocenters. The molecule has 0 aromatic heterocycles. The van der Waals surface area contributed by atoms with Crippen molar-refractivity contribution in [1.29, 1.82) is 0 Å². The molecule has 0 bridgehead atoms.